The number of aromatic nitrogens is 3. The van der Waals surface area contributed by atoms with E-state index in [2.05, 4.69) is 10.2 Å². The highest BCUT2D eigenvalue weighted by Gasteiger charge is 2.20. The van der Waals surface area contributed by atoms with Gasteiger partial charge in [-0.25, -0.2) is 8.42 Å². The molecule has 7 heteroatoms. The Morgan fingerprint density at radius 2 is 1.83 bits per heavy atom. The highest BCUT2D eigenvalue weighted by Crippen LogP contribution is 2.22. The molecule has 0 saturated heterocycles. The molecule has 0 amide bonds. The van der Waals surface area contributed by atoms with Crippen molar-refractivity contribution in [2.45, 2.75) is 19.0 Å². The van der Waals surface area contributed by atoms with E-state index < -0.39 is 9.05 Å². The van der Waals surface area contributed by atoms with E-state index in [9.17, 15) is 8.42 Å². The molecule has 0 atom stereocenters. The molecule has 2 rings (SSSR count). The van der Waals surface area contributed by atoms with Gasteiger partial charge in [0, 0.05) is 23.3 Å². The maximum absolute atomic E-state index is 11.3. The van der Waals surface area contributed by atoms with E-state index in [0.29, 0.717) is 5.82 Å². The molecule has 0 aliphatic heterocycles. The van der Waals surface area contributed by atoms with Gasteiger partial charge in [0.05, 0.1) is 0 Å². The number of hydrogen-bond donors (Lipinski definition) is 0. The van der Waals surface area contributed by atoms with Crippen LogP contribution in [0.2, 0.25) is 0 Å². The van der Waals surface area contributed by atoms with Crippen molar-refractivity contribution in [3.63, 3.8) is 0 Å². The zero-order valence-corrected chi connectivity index (χ0v) is 11.7. The summed E-state index contributed by atoms with van der Waals surface area (Å²) in [5.41, 5.74) is 3.07. The zero-order chi connectivity index (χ0) is 13.5. The second-order valence-corrected chi connectivity index (χ2v) is 6.56. The topological polar surface area (TPSA) is 64.8 Å². The molecule has 0 unspecified atom stereocenters. The van der Waals surface area contributed by atoms with Gasteiger partial charge in [-0.05, 0) is 31.0 Å². The first kappa shape index (κ1) is 13.0. The molecule has 1 heterocycles. The second-order valence-electron chi connectivity index (χ2n) is 4.10. The largest absolute Gasteiger partial charge is 0.300 e. The quantitative estimate of drug-likeness (QED) is 0.792. The molecular weight excluding hydrogens is 274 g/mol. The summed E-state index contributed by atoms with van der Waals surface area (Å²) in [6, 6.07) is 5.76. The van der Waals surface area contributed by atoms with Crippen molar-refractivity contribution < 1.29 is 8.42 Å². The van der Waals surface area contributed by atoms with Gasteiger partial charge >= 0.3 is 0 Å². The number of nitrogens with zero attached hydrogens (tertiary/aromatic N) is 3. The number of aryl methyl sites for hydroxylation is 2. The van der Waals surface area contributed by atoms with Gasteiger partial charge in [0.15, 0.2) is 5.82 Å². The lowest BCUT2D eigenvalue weighted by molar-refractivity contribution is 0.593. The molecule has 0 radical (unpaired) electrons. The average molecular weight is 286 g/mol. The monoisotopic (exact) mass is 285 g/mol. The van der Waals surface area contributed by atoms with Crippen LogP contribution >= 0.6 is 10.7 Å². The minimum Gasteiger partial charge on any atom is -0.300 e. The van der Waals surface area contributed by atoms with Crippen molar-refractivity contribution in [3.05, 3.63) is 29.3 Å². The predicted octanol–water partition coefficient (Wildman–Crippen LogP) is 2.03. The molecule has 96 valence electrons. The first-order chi connectivity index (χ1) is 8.30. The molecule has 0 N–H and O–H groups in total. The van der Waals surface area contributed by atoms with Crippen LogP contribution in [0, 0.1) is 13.8 Å². The van der Waals surface area contributed by atoms with Crippen molar-refractivity contribution in [3.8, 4) is 11.4 Å². The fourth-order valence-corrected chi connectivity index (χ4v) is 2.61. The van der Waals surface area contributed by atoms with Crippen LogP contribution in [-0.4, -0.2) is 23.2 Å². The molecule has 0 saturated carbocycles. The molecule has 0 spiro atoms. The maximum atomic E-state index is 11.3. The summed E-state index contributed by atoms with van der Waals surface area (Å²) in [6.07, 6.45) is 0. The normalized spacial score (nSPS) is 11.8. The van der Waals surface area contributed by atoms with E-state index in [4.69, 9.17) is 10.7 Å². The van der Waals surface area contributed by atoms with E-state index in [1.165, 1.54) is 4.57 Å². The van der Waals surface area contributed by atoms with Crippen molar-refractivity contribution in [2.24, 2.45) is 7.05 Å². The summed E-state index contributed by atoms with van der Waals surface area (Å²) >= 11 is 0. The fraction of sp³-hybridized carbons (Fsp3) is 0.273. The molecule has 1 aromatic carbocycles. The number of benzene rings is 1. The number of hydrogen-bond acceptors (Lipinski definition) is 4. The maximum Gasteiger partial charge on any atom is 0.296 e. The molecule has 18 heavy (non-hydrogen) atoms. The Labute approximate surface area is 110 Å². The summed E-state index contributed by atoms with van der Waals surface area (Å²) in [5, 5.41) is 7.23. The molecule has 0 fully saturated rings. The van der Waals surface area contributed by atoms with Gasteiger partial charge in [0.25, 0.3) is 14.2 Å². The third-order valence-electron chi connectivity index (χ3n) is 2.82. The lowest BCUT2D eigenvalue weighted by Gasteiger charge is -2.05. The Kier molecular flexibility index (Phi) is 3.16. The van der Waals surface area contributed by atoms with Crippen LogP contribution in [0.3, 0.4) is 0 Å². The zero-order valence-electron chi connectivity index (χ0n) is 10.2. The highest BCUT2D eigenvalue weighted by molar-refractivity contribution is 8.13. The Bertz CT molecular complexity index is 707. The predicted molar refractivity (Wildman–Crippen MR) is 69.0 cm³/mol. The van der Waals surface area contributed by atoms with Gasteiger partial charge in [-0.2, -0.15) is 0 Å². The first-order valence-electron chi connectivity index (χ1n) is 5.22. The van der Waals surface area contributed by atoms with E-state index in [0.717, 1.165) is 16.7 Å². The Balaban J connectivity index is 2.59. The lowest BCUT2D eigenvalue weighted by Crippen LogP contribution is -2.02. The van der Waals surface area contributed by atoms with E-state index in [1.54, 1.807) is 7.05 Å². The molecule has 0 bridgehead atoms. The minimum atomic E-state index is -3.88. The Hall–Kier alpha value is -1.40. The highest BCUT2D eigenvalue weighted by atomic mass is 35.7. The van der Waals surface area contributed by atoms with Crippen LogP contribution in [0.5, 0.6) is 0 Å². The molecule has 0 aliphatic carbocycles. The standard InChI is InChI=1S/C11H12ClN3O2S/c1-7-4-5-9(6-8(7)2)10-13-14-11(15(10)3)18(12,16)17/h4-6H,1-3H3. The number of rotatable bonds is 2. The summed E-state index contributed by atoms with van der Waals surface area (Å²) < 4.78 is 23.9. The van der Waals surface area contributed by atoms with E-state index in [1.807, 2.05) is 32.0 Å². The van der Waals surface area contributed by atoms with Crippen LogP contribution in [0.25, 0.3) is 11.4 Å². The lowest BCUT2D eigenvalue weighted by atomic mass is 10.1. The van der Waals surface area contributed by atoms with Crippen LogP contribution in [0.1, 0.15) is 11.1 Å². The summed E-state index contributed by atoms with van der Waals surface area (Å²) in [6.45, 7) is 3.98. The van der Waals surface area contributed by atoms with Gasteiger partial charge in [-0.15, -0.1) is 10.2 Å². The average Bonchev–Trinajstić information content (AvgIpc) is 2.64. The van der Waals surface area contributed by atoms with Crippen LogP contribution in [0.15, 0.2) is 23.4 Å². The Morgan fingerprint density at radius 3 is 2.33 bits per heavy atom. The van der Waals surface area contributed by atoms with Crippen molar-refractivity contribution >= 4 is 19.7 Å². The minimum absolute atomic E-state index is 0.252. The SMILES string of the molecule is Cc1ccc(-c2nnc(S(=O)(=O)Cl)n2C)cc1C. The van der Waals surface area contributed by atoms with E-state index >= 15 is 0 Å². The summed E-state index contributed by atoms with van der Waals surface area (Å²) in [4.78, 5) is 0. The summed E-state index contributed by atoms with van der Waals surface area (Å²) in [5.74, 6) is 0.470. The van der Waals surface area contributed by atoms with Gasteiger partial charge in [0.2, 0.25) is 0 Å². The second kappa shape index (κ2) is 4.37. The number of halogens is 1. The van der Waals surface area contributed by atoms with Crippen LogP contribution < -0.4 is 0 Å². The van der Waals surface area contributed by atoms with Gasteiger partial charge in [-0.1, -0.05) is 12.1 Å². The smallest absolute Gasteiger partial charge is 0.296 e. The van der Waals surface area contributed by atoms with E-state index in [-0.39, 0.29) is 5.16 Å². The Morgan fingerprint density at radius 1 is 1.17 bits per heavy atom. The third kappa shape index (κ3) is 2.26. The fourth-order valence-electron chi connectivity index (χ4n) is 1.66. The van der Waals surface area contributed by atoms with Gasteiger partial charge in [0.1, 0.15) is 0 Å². The first-order valence-corrected chi connectivity index (χ1v) is 7.53. The van der Waals surface area contributed by atoms with Crippen molar-refractivity contribution in [1.82, 2.24) is 14.8 Å². The summed E-state index contributed by atoms with van der Waals surface area (Å²) in [7, 11) is 2.96. The van der Waals surface area contributed by atoms with Gasteiger partial charge < -0.3 is 0 Å². The van der Waals surface area contributed by atoms with Crippen LogP contribution in [0.4, 0.5) is 0 Å². The molecule has 5 nitrogen and oxygen atoms in total. The van der Waals surface area contributed by atoms with Crippen molar-refractivity contribution in [1.29, 1.82) is 0 Å². The van der Waals surface area contributed by atoms with Gasteiger partial charge in [-0.3, -0.25) is 4.57 Å². The molecule has 0 aliphatic rings. The molecule has 1 aromatic heterocycles. The van der Waals surface area contributed by atoms with Crippen LogP contribution in [-0.2, 0) is 16.1 Å². The van der Waals surface area contributed by atoms with Crippen molar-refractivity contribution in [2.75, 3.05) is 0 Å². The molecule has 2 aromatic rings. The molecular formula is C11H12ClN3O2S. The third-order valence-corrected chi connectivity index (χ3v) is 4.02.